The van der Waals surface area contributed by atoms with E-state index >= 15 is 0 Å². The van der Waals surface area contributed by atoms with Gasteiger partial charge in [0.15, 0.2) is 11.6 Å². The van der Waals surface area contributed by atoms with Gasteiger partial charge in [0.25, 0.3) is 0 Å². The summed E-state index contributed by atoms with van der Waals surface area (Å²) in [7, 11) is 0. The molecule has 0 aliphatic carbocycles. The van der Waals surface area contributed by atoms with Gasteiger partial charge in [-0.3, -0.25) is 0 Å². The Labute approximate surface area is 98.9 Å². The summed E-state index contributed by atoms with van der Waals surface area (Å²) in [4.78, 5) is 7.77. The van der Waals surface area contributed by atoms with Gasteiger partial charge in [0.2, 0.25) is 5.95 Å². The minimum Gasteiger partial charge on any atom is -0.393 e. The summed E-state index contributed by atoms with van der Waals surface area (Å²) < 4.78 is 0. The van der Waals surface area contributed by atoms with Crippen molar-refractivity contribution in [3.05, 3.63) is 29.8 Å². The minimum absolute atomic E-state index is 0.0892. The van der Waals surface area contributed by atoms with Gasteiger partial charge in [-0.25, -0.2) is 0 Å². The molecule has 0 atom stereocenters. The van der Waals surface area contributed by atoms with Gasteiger partial charge in [0.05, 0.1) is 0 Å². The van der Waals surface area contributed by atoms with Gasteiger partial charge in [-0.05, 0) is 19.1 Å². The molecule has 0 radical (unpaired) electrons. The number of aromatic nitrogens is 2. The molecule has 0 fully saturated rings. The molecular weight excluding hydrogens is 216 g/mol. The van der Waals surface area contributed by atoms with Crippen molar-refractivity contribution in [2.75, 3.05) is 22.5 Å². The number of hydrogen-bond donors (Lipinski definition) is 4. The maximum atomic E-state index is 5.76. The SMILES string of the molecule is Cc1ccc(Nc2nc(N)nc(N)c2N)cc1. The van der Waals surface area contributed by atoms with Crippen LogP contribution < -0.4 is 22.5 Å². The number of hydrogen-bond acceptors (Lipinski definition) is 6. The topological polar surface area (TPSA) is 116 Å². The standard InChI is InChI=1S/C11H14N6/c1-6-2-4-7(5-3-6)15-10-8(12)9(13)16-11(14)17-10/h2-5H,12H2,1H3,(H5,13,14,15,16,17). The summed E-state index contributed by atoms with van der Waals surface area (Å²) in [6, 6.07) is 7.80. The fraction of sp³-hybridized carbons (Fsp3) is 0.0909. The first-order valence-electron chi connectivity index (χ1n) is 5.08. The highest BCUT2D eigenvalue weighted by atomic mass is 15.1. The van der Waals surface area contributed by atoms with Gasteiger partial charge in [-0.2, -0.15) is 9.97 Å². The fourth-order valence-corrected chi connectivity index (χ4v) is 1.37. The van der Waals surface area contributed by atoms with Crippen molar-refractivity contribution in [2.24, 2.45) is 0 Å². The molecule has 1 aromatic heterocycles. The highest BCUT2D eigenvalue weighted by molar-refractivity contribution is 5.77. The molecule has 6 nitrogen and oxygen atoms in total. The lowest BCUT2D eigenvalue weighted by Crippen LogP contribution is -2.08. The van der Waals surface area contributed by atoms with Crippen LogP contribution in [0.1, 0.15) is 5.56 Å². The lowest BCUT2D eigenvalue weighted by molar-refractivity contribution is 1.20. The van der Waals surface area contributed by atoms with Crippen LogP contribution in [0.25, 0.3) is 0 Å². The van der Waals surface area contributed by atoms with Crippen molar-refractivity contribution in [1.82, 2.24) is 9.97 Å². The number of nitrogens with zero attached hydrogens (tertiary/aromatic N) is 2. The van der Waals surface area contributed by atoms with Crippen molar-refractivity contribution in [3.8, 4) is 0 Å². The summed E-state index contributed by atoms with van der Waals surface area (Å²) >= 11 is 0. The molecule has 0 amide bonds. The Bertz CT molecular complexity index is 534. The summed E-state index contributed by atoms with van der Waals surface area (Å²) in [6.07, 6.45) is 0. The van der Waals surface area contributed by atoms with E-state index in [-0.39, 0.29) is 11.8 Å². The van der Waals surface area contributed by atoms with Crippen LogP contribution in [-0.2, 0) is 0 Å². The summed E-state index contributed by atoms with van der Waals surface area (Å²) in [5.74, 6) is 0.678. The molecule has 2 aromatic rings. The first-order valence-corrected chi connectivity index (χ1v) is 5.08. The average molecular weight is 230 g/mol. The van der Waals surface area contributed by atoms with Crippen LogP contribution in [-0.4, -0.2) is 9.97 Å². The van der Waals surface area contributed by atoms with Gasteiger partial charge in [-0.1, -0.05) is 17.7 Å². The van der Waals surface area contributed by atoms with Crippen LogP contribution in [0, 0.1) is 6.92 Å². The number of nitrogens with one attached hydrogen (secondary N) is 1. The molecule has 17 heavy (non-hydrogen) atoms. The third-order valence-corrected chi connectivity index (χ3v) is 2.31. The van der Waals surface area contributed by atoms with Gasteiger partial charge < -0.3 is 22.5 Å². The monoisotopic (exact) mass is 230 g/mol. The minimum atomic E-state index is 0.0892. The first-order chi connectivity index (χ1) is 8.06. The van der Waals surface area contributed by atoms with E-state index in [4.69, 9.17) is 17.2 Å². The van der Waals surface area contributed by atoms with Crippen LogP contribution in [0.2, 0.25) is 0 Å². The molecule has 0 bridgehead atoms. The third kappa shape index (κ3) is 2.36. The van der Waals surface area contributed by atoms with E-state index in [0.29, 0.717) is 11.5 Å². The largest absolute Gasteiger partial charge is 0.393 e. The molecule has 6 heteroatoms. The van der Waals surface area contributed by atoms with Crippen LogP contribution in [0.3, 0.4) is 0 Å². The van der Waals surface area contributed by atoms with E-state index in [1.54, 1.807) is 0 Å². The third-order valence-electron chi connectivity index (χ3n) is 2.31. The molecule has 0 aliphatic rings. The molecular formula is C11H14N6. The highest BCUT2D eigenvalue weighted by Crippen LogP contribution is 2.25. The molecule has 0 unspecified atom stereocenters. The van der Waals surface area contributed by atoms with Crippen molar-refractivity contribution in [3.63, 3.8) is 0 Å². The number of rotatable bonds is 2. The first kappa shape index (κ1) is 11.0. The van der Waals surface area contributed by atoms with Crippen molar-refractivity contribution in [2.45, 2.75) is 6.92 Å². The second-order valence-corrected chi connectivity index (χ2v) is 3.72. The van der Waals surface area contributed by atoms with Crippen molar-refractivity contribution >= 4 is 29.0 Å². The molecule has 2 rings (SSSR count). The van der Waals surface area contributed by atoms with Gasteiger partial charge >= 0.3 is 0 Å². The molecule has 1 aromatic carbocycles. The van der Waals surface area contributed by atoms with Crippen LogP contribution >= 0.6 is 0 Å². The molecule has 1 heterocycles. The van der Waals surface area contributed by atoms with Crippen LogP contribution in [0.5, 0.6) is 0 Å². The van der Waals surface area contributed by atoms with Crippen LogP contribution in [0.4, 0.5) is 29.0 Å². The summed E-state index contributed by atoms with van der Waals surface area (Å²) in [5.41, 5.74) is 19.2. The fourth-order valence-electron chi connectivity index (χ4n) is 1.37. The molecule has 0 spiro atoms. The van der Waals surface area contributed by atoms with E-state index in [9.17, 15) is 0 Å². The van der Waals surface area contributed by atoms with E-state index in [0.717, 1.165) is 5.69 Å². The van der Waals surface area contributed by atoms with E-state index < -0.39 is 0 Å². The number of nitrogen functional groups attached to an aromatic ring is 3. The summed E-state index contributed by atoms with van der Waals surface area (Å²) in [6.45, 7) is 2.01. The molecule has 0 saturated carbocycles. The molecule has 0 aliphatic heterocycles. The zero-order valence-electron chi connectivity index (χ0n) is 9.44. The number of nitrogens with two attached hydrogens (primary N) is 3. The Hall–Kier alpha value is -2.50. The Kier molecular flexibility index (Phi) is 2.70. The lowest BCUT2D eigenvalue weighted by Gasteiger charge is -2.10. The maximum Gasteiger partial charge on any atom is 0.224 e. The van der Waals surface area contributed by atoms with E-state index in [1.165, 1.54) is 5.56 Å². The molecule has 7 N–H and O–H groups in total. The van der Waals surface area contributed by atoms with E-state index in [1.807, 2.05) is 31.2 Å². The highest BCUT2D eigenvalue weighted by Gasteiger charge is 2.07. The Morgan fingerprint density at radius 3 is 2.29 bits per heavy atom. The normalized spacial score (nSPS) is 10.2. The predicted molar refractivity (Wildman–Crippen MR) is 69.7 cm³/mol. The zero-order valence-corrected chi connectivity index (χ0v) is 9.44. The van der Waals surface area contributed by atoms with E-state index in [2.05, 4.69) is 15.3 Å². The maximum absolute atomic E-state index is 5.76. The van der Waals surface area contributed by atoms with Gasteiger partial charge in [0.1, 0.15) is 5.69 Å². The van der Waals surface area contributed by atoms with Crippen LogP contribution in [0.15, 0.2) is 24.3 Å². The van der Waals surface area contributed by atoms with Crippen molar-refractivity contribution in [1.29, 1.82) is 0 Å². The second kappa shape index (κ2) is 4.17. The quantitative estimate of drug-likeness (QED) is 0.617. The Morgan fingerprint density at radius 2 is 1.65 bits per heavy atom. The van der Waals surface area contributed by atoms with Gasteiger partial charge in [-0.15, -0.1) is 0 Å². The smallest absolute Gasteiger partial charge is 0.224 e. The number of aryl methyl sites for hydroxylation is 1. The Balaban J connectivity index is 2.32. The Morgan fingerprint density at radius 1 is 1.00 bits per heavy atom. The predicted octanol–water partition coefficient (Wildman–Crippen LogP) is 1.28. The average Bonchev–Trinajstić information content (AvgIpc) is 2.28. The van der Waals surface area contributed by atoms with Gasteiger partial charge in [0, 0.05) is 5.69 Å². The van der Waals surface area contributed by atoms with Crippen molar-refractivity contribution < 1.29 is 0 Å². The molecule has 88 valence electrons. The molecule has 0 saturated heterocycles. The number of benzene rings is 1. The number of anilines is 5. The zero-order chi connectivity index (χ0) is 12.4. The summed E-state index contributed by atoms with van der Waals surface area (Å²) in [5, 5.41) is 3.04. The second-order valence-electron chi connectivity index (χ2n) is 3.72. The lowest BCUT2D eigenvalue weighted by atomic mass is 10.2.